The Balaban J connectivity index is 1.88. The number of hydrogen-bond acceptors (Lipinski definition) is 7. The van der Waals surface area contributed by atoms with Gasteiger partial charge in [0.15, 0.2) is 11.9 Å². The van der Waals surface area contributed by atoms with Crippen LogP contribution in [0.25, 0.3) is 16.7 Å². The van der Waals surface area contributed by atoms with Crippen LogP contribution in [0.5, 0.6) is 5.75 Å². The van der Waals surface area contributed by atoms with Gasteiger partial charge < -0.3 is 14.5 Å². The lowest BCUT2D eigenvalue weighted by molar-refractivity contribution is -0.103. The van der Waals surface area contributed by atoms with Crippen LogP contribution >= 0.6 is 11.8 Å². The molecule has 0 aliphatic carbocycles. The van der Waals surface area contributed by atoms with Crippen molar-refractivity contribution < 1.29 is 13.9 Å². The molecule has 0 radical (unpaired) electrons. The summed E-state index contributed by atoms with van der Waals surface area (Å²) in [6.45, 7) is 0. The van der Waals surface area contributed by atoms with E-state index in [4.69, 9.17) is 14.4 Å². The van der Waals surface area contributed by atoms with Crippen molar-refractivity contribution in [2.24, 2.45) is 0 Å². The summed E-state index contributed by atoms with van der Waals surface area (Å²) in [5, 5.41) is 13.8. The predicted octanol–water partition coefficient (Wildman–Crippen LogP) is 4.06. The number of para-hydroxylation sites is 2. The first kappa shape index (κ1) is 16.6. The van der Waals surface area contributed by atoms with Gasteiger partial charge in [-0.2, -0.15) is 5.26 Å². The standard InChI is InChI=1S/C18H13N3O3S/c1-23-17-8-13(25-11-19)6-7-14(17)20-9-12(10-22)18-21-15-4-2-3-5-16(15)24-18/h2-10,20H,1H3/b12-9-. The maximum atomic E-state index is 11.4. The molecule has 3 rings (SSSR count). The zero-order valence-electron chi connectivity index (χ0n) is 13.2. The smallest absolute Gasteiger partial charge is 0.232 e. The van der Waals surface area contributed by atoms with Gasteiger partial charge in [0, 0.05) is 11.1 Å². The van der Waals surface area contributed by atoms with Crippen molar-refractivity contribution in [3.63, 3.8) is 0 Å². The number of aldehydes is 1. The topological polar surface area (TPSA) is 88.1 Å². The molecule has 25 heavy (non-hydrogen) atoms. The number of allylic oxidation sites excluding steroid dienone is 1. The fourth-order valence-corrected chi connectivity index (χ4v) is 2.61. The van der Waals surface area contributed by atoms with E-state index in [2.05, 4.69) is 10.3 Å². The summed E-state index contributed by atoms with van der Waals surface area (Å²) in [6.07, 6.45) is 2.18. The number of nitriles is 1. The highest BCUT2D eigenvalue weighted by Gasteiger charge is 2.11. The van der Waals surface area contributed by atoms with Crippen molar-refractivity contribution >= 4 is 40.4 Å². The van der Waals surface area contributed by atoms with Gasteiger partial charge in [-0.3, -0.25) is 4.79 Å². The number of benzene rings is 2. The zero-order chi connectivity index (χ0) is 17.6. The van der Waals surface area contributed by atoms with Crippen LogP contribution < -0.4 is 10.1 Å². The number of thiocyanates is 1. The quantitative estimate of drug-likeness (QED) is 0.310. The Morgan fingerprint density at radius 1 is 1.36 bits per heavy atom. The van der Waals surface area contributed by atoms with Gasteiger partial charge >= 0.3 is 0 Å². The van der Waals surface area contributed by atoms with Crippen LogP contribution in [-0.4, -0.2) is 18.4 Å². The molecule has 6 nitrogen and oxygen atoms in total. The van der Waals surface area contributed by atoms with E-state index < -0.39 is 0 Å². The zero-order valence-corrected chi connectivity index (χ0v) is 14.0. The van der Waals surface area contributed by atoms with Crippen LogP contribution in [0.1, 0.15) is 5.89 Å². The molecular formula is C18H13N3O3S. The Labute approximate surface area is 148 Å². The van der Waals surface area contributed by atoms with Crippen molar-refractivity contribution in [3.05, 3.63) is 54.6 Å². The second-order valence-electron chi connectivity index (χ2n) is 4.90. The third-order valence-electron chi connectivity index (χ3n) is 3.39. The number of fused-ring (bicyclic) bond motifs is 1. The van der Waals surface area contributed by atoms with E-state index in [0.717, 1.165) is 16.7 Å². The van der Waals surface area contributed by atoms with E-state index >= 15 is 0 Å². The molecule has 0 atom stereocenters. The maximum Gasteiger partial charge on any atom is 0.232 e. The lowest BCUT2D eigenvalue weighted by Gasteiger charge is -2.09. The van der Waals surface area contributed by atoms with Crippen LogP contribution in [0.3, 0.4) is 0 Å². The van der Waals surface area contributed by atoms with Crippen LogP contribution in [0.2, 0.25) is 0 Å². The predicted molar refractivity (Wildman–Crippen MR) is 96.1 cm³/mol. The van der Waals surface area contributed by atoms with Gasteiger partial charge in [-0.15, -0.1) is 0 Å². The minimum absolute atomic E-state index is 0.235. The third-order valence-corrected chi connectivity index (χ3v) is 3.97. The van der Waals surface area contributed by atoms with Gasteiger partial charge in [0.1, 0.15) is 16.7 Å². The molecule has 0 aliphatic heterocycles. The first-order chi connectivity index (χ1) is 12.2. The summed E-state index contributed by atoms with van der Waals surface area (Å²) in [5.74, 6) is 0.790. The molecule has 124 valence electrons. The number of methoxy groups -OCH3 is 1. The van der Waals surface area contributed by atoms with Gasteiger partial charge in [0.25, 0.3) is 0 Å². The molecule has 0 amide bonds. The first-order valence-electron chi connectivity index (χ1n) is 7.27. The van der Waals surface area contributed by atoms with Gasteiger partial charge in [-0.05, 0) is 42.1 Å². The Morgan fingerprint density at radius 2 is 2.20 bits per heavy atom. The monoisotopic (exact) mass is 351 g/mol. The first-order valence-corrected chi connectivity index (χ1v) is 8.08. The van der Waals surface area contributed by atoms with Gasteiger partial charge in [-0.1, -0.05) is 12.1 Å². The molecule has 0 bridgehead atoms. The highest BCUT2D eigenvalue weighted by atomic mass is 32.2. The molecule has 0 saturated heterocycles. The fraction of sp³-hybridized carbons (Fsp3) is 0.0556. The van der Waals surface area contributed by atoms with Gasteiger partial charge in [-0.25, -0.2) is 4.98 Å². The number of thioether (sulfide) groups is 1. The average molecular weight is 351 g/mol. The van der Waals surface area contributed by atoms with Gasteiger partial charge in [0.2, 0.25) is 5.89 Å². The van der Waals surface area contributed by atoms with E-state index in [1.807, 2.05) is 23.6 Å². The van der Waals surface area contributed by atoms with E-state index in [0.29, 0.717) is 28.8 Å². The van der Waals surface area contributed by atoms with Crippen molar-refractivity contribution in [2.45, 2.75) is 4.90 Å². The number of ether oxygens (including phenoxy) is 1. The molecule has 0 fully saturated rings. The lowest BCUT2D eigenvalue weighted by atomic mass is 10.2. The number of aromatic nitrogens is 1. The second kappa shape index (κ2) is 7.55. The number of rotatable bonds is 6. The normalized spacial score (nSPS) is 11.1. The van der Waals surface area contributed by atoms with Gasteiger partial charge in [0.05, 0.1) is 18.4 Å². The molecule has 0 spiro atoms. The Bertz CT molecular complexity index is 956. The Hall–Kier alpha value is -3.24. The molecule has 3 aromatic rings. The maximum absolute atomic E-state index is 11.4. The molecule has 2 aromatic carbocycles. The summed E-state index contributed by atoms with van der Waals surface area (Å²) < 4.78 is 10.9. The summed E-state index contributed by atoms with van der Waals surface area (Å²) in [4.78, 5) is 16.5. The minimum Gasteiger partial charge on any atom is -0.495 e. The molecular weight excluding hydrogens is 338 g/mol. The van der Waals surface area contributed by atoms with Crippen LogP contribution in [0.4, 0.5) is 5.69 Å². The number of oxazole rings is 1. The number of hydrogen-bond donors (Lipinski definition) is 1. The Morgan fingerprint density at radius 3 is 2.92 bits per heavy atom. The number of nitrogens with zero attached hydrogens (tertiary/aromatic N) is 2. The average Bonchev–Trinajstić information content (AvgIpc) is 3.07. The number of carbonyl (C=O) groups excluding carboxylic acids is 1. The largest absolute Gasteiger partial charge is 0.495 e. The lowest BCUT2D eigenvalue weighted by Crippen LogP contribution is -1.96. The summed E-state index contributed by atoms with van der Waals surface area (Å²) in [7, 11) is 1.53. The van der Waals surface area contributed by atoms with E-state index in [9.17, 15) is 4.79 Å². The van der Waals surface area contributed by atoms with Crippen molar-refractivity contribution in [2.75, 3.05) is 12.4 Å². The van der Waals surface area contributed by atoms with Crippen molar-refractivity contribution in [3.8, 4) is 11.2 Å². The third kappa shape index (κ3) is 3.65. The number of nitrogens with one attached hydrogen (secondary N) is 1. The van der Waals surface area contributed by atoms with Crippen molar-refractivity contribution in [1.82, 2.24) is 4.98 Å². The van der Waals surface area contributed by atoms with E-state index in [-0.39, 0.29) is 11.5 Å². The summed E-state index contributed by atoms with van der Waals surface area (Å²) >= 11 is 1.04. The highest BCUT2D eigenvalue weighted by Crippen LogP contribution is 2.30. The molecule has 0 saturated carbocycles. The number of anilines is 1. The van der Waals surface area contributed by atoms with Crippen LogP contribution in [0, 0.1) is 10.7 Å². The second-order valence-corrected chi connectivity index (χ2v) is 5.76. The van der Waals surface area contributed by atoms with Crippen LogP contribution in [0.15, 0.2) is 58.0 Å². The summed E-state index contributed by atoms with van der Waals surface area (Å²) in [5.41, 5.74) is 2.22. The van der Waals surface area contributed by atoms with E-state index in [1.165, 1.54) is 13.3 Å². The summed E-state index contributed by atoms with van der Waals surface area (Å²) in [6, 6.07) is 12.6. The van der Waals surface area contributed by atoms with E-state index in [1.54, 1.807) is 24.3 Å². The fourth-order valence-electron chi connectivity index (χ4n) is 2.20. The minimum atomic E-state index is 0.235. The highest BCUT2D eigenvalue weighted by molar-refractivity contribution is 8.03. The molecule has 7 heteroatoms. The number of carbonyl (C=O) groups is 1. The Kier molecular flexibility index (Phi) is 5.02. The molecule has 0 unspecified atom stereocenters. The SMILES string of the molecule is COc1cc(SC#N)ccc1N/C=C(/C=O)c1nc2ccccc2o1. The van der Waals surface area contributed by atoms with Crippen LogP contribution in [-0.2, 0) is 4.79 Å². The molecule has 1 N–H and O–H groups in total. The molecule has 0 aliphatic rings. The molecule has 1 aromatic heterocycles. The molecule has 1 heterocycles. The van der Waals surface area contributed by atoms with Crippen molar-refractivity contribution in [1.29, 1.82) is 5.26 Å².